The molecule has 9 nitrogen and oxygen atoms in total. The fourth-order valence-electron chi connectivity index (χ4n) is 3.70. The van der Waals surface area contributed by atoms with Crippen LogP contribution in [0.15, 0.2) is 47.8 Å². The number of nitro benzene ring substituents is 1. The summed E-state index contributed by atoms with van der Waals surface area (Å²) in [6.45, 7) is 5.51. The third kappa shape index (κ3) is 5.01. The Labute approximate surface area is 194 Å². The number of benzene rings is 2. The predicted octanol–water partition coefficient (Wildman–Crippen LogP) is 3.95. The van der Waals surface area contributed by atoms with Crippen LogP contribution < -0.4 is 10.2 Å². The fourth-order valence-corrected chi connectivity index (χ4v) is 4.41. The number of hydrogen-bond donors (Lipinski definition) is 1. The lowest BCUT2D eigenvalue weighted by atomic mass is 10.1. The Balaban J connectivity index is 1.49. The SMILES string of the molecule is CC(=O)N1CCN(c2ccc(C(=O)Nc3nc(-c4ccc(C)cc4)cs3)cc2[N+](=O)[O-])CC1. The molecule has 0 bridgehead atoms. The van der Waals surface area contributed by atoms with Crippen LogP contribution >= 0.6 is 11.3 Å². The molecule has 3 aromatic rings. The van der Waals surface area contributed by atoms with E-state index in [1.807, 2.05) is 41.5 Å². The van der Waals surface area contributed by atoms with Crippen LogP contribution in [0.2, 0.25) is 0 Å². The molecule has 33 heavy (non-hydrogen) atoms. The molecule has 4 rings (SSSR count). The summed E-state index contributed by atoms with van der Waals surface area (Å²) in [5, 5.41) is 16.7. The van der Waals surface area contributed by atoms with E-state index >= 15 is 0 Å². The van der Waals surface area contributed by atoms with Crippen molar-refractivity contribution >= 4 is 39.7 Å². The lowest BCUT2D eigenvalue weighted by molar-refractivity contribution is -0.384. The van der Waals surface area contributed by atoms with Crippen LogP contribution in [0.1, 0.15) is 22.8 Å². The van der Waals surface area contributed by atoms with Crippen molar-refractivity contribution in [3.63, 3.8) is 0 Å². The van der Waals surface area contributed by atoms with Crippen molar-refractivity contribution in [2.75, 3.05) is 36.4 Å². The highest BCUT2D eigenvalue weighted by Gasteiger charge is 2.26. The summed E-state index contributed by atoms with van der Waals surface area (Å²) >= 11 is 1.29. The molecule has 1 aromatic heterocycles. The average Bonchev–Trinajstić information content (AvgIpc) is 3.27. The second-order valence-electron chi connectivity index (χ2n) is 7.81. The maximum atomic E-state index is 12.8. The lowest BCUT2D eigenvalue weighted by Gasteiger charge is -2.35. The standard InChI is InChI=1S/C23H23N5O4S/c1-15-3-5-17(6-4-15)19-14-33-23(24-19)25-22(30)18-7-8-20(21(13-18)28(31)32)27-11-9-26(10-12-27)16(2)29/h3-8,13-14H,9-12H2,1-2H3,(H,24,25,30). The van der Waals surface area contributed by atoms with Crippen LogP contribution in [-0.2, 0) is 4.79 Å². The molecular weight excluding hydrogens is 442 g/mol. The summed E-state index contributed by atoms with van der Waals surface area (Å²) in [6, 6.07) is 12.4. The topological polar surface area (TPSA) is 109 Å². The van der Waals surface area contributed by atoms with Crippen LogP contribution in [0.3, 0.4) is 0 Å². The number of nitrogens with one attached hydrogen (secondary N) is 1. The number of anilines is 2. The molecular formula is C23H23N5O4S. The number of carbonyl (C=O) groups is 2. The number of aromatic nitrogens is 1. The van der Waals surface area contributed by atoms with Crippen molar-refractivity contribution < 1.29 is 14.5 Å². The van der Waals surface area contributed by atoms with E-state index in [-0.39, 0.29) is 17.2 Å². The van der Waals surface area contributed by atoms with Gasteiger partial charge in [0.05, 0.1) is 10.6 Å². The van der Waals surface area contributed by atoms with E-state index in [0.717, 1.165) is 16.8 Å². The molecule has 2 aromatic carbocycles. The van der Waals surface area contributed by atoms with Gasteiger partial charge >= 0.3 is 0 Å². The Morgan fingerprint density at radius 1 is 1.09 bits per heavy atom. The number of thiazole rings is 1. The van der Waals surface area contributed by atoms with E-state index in [4.69, 9.17) is 0 Å². The number of nitrogens with zero attached hydrogens (tertiary/aromatic N) is 4. The van der Waals surface area contributed by atoms with E-state index in [9.17, 15) is 19.7 Å². The van der Waals surface area contributed by atoms with Gasteiger partial charge in [0.25, 0.3) is 11.6 Å². The van der Waals surface area contributed by atoms with Gasteiger partial charge in [-0.2, -0.15) is 0 Å². The number of aryl methyl sites for hydroxylation is 1. The number of hydrogen-bond acceptors (Lipinski definition) is 7. The fraction of sp³-hybridized carbons (Fsp3) is 0.261. The Hall–Kier alpha value is -3.79. The Morgan fingerprint density at radius 2 is 1.79 bits per heavy atom. The summed E-state index contributed by atoms with van der Waals surface area (Å²) in [6.07, 6.45) is 0. The molecule has 2 heterocycles. The van der Waals surface area contributed by atoms with Gasteiger partial charge < -0.3 is 9.80 Å². The van der Waals surface area contributed by atoms with Crippen LogP contribution in [0.4, 0.5) is 16.5 Å². The number of nitro groups is 1. The summed E-state index contributed by atoms with van der Waals surface area (Å²) in [7, 11) is 0. The number of amides is 2. The smallest absolute Gasteiger partial charge is 0.293 e. The third-order valence-electron chi connectivity index (χ3n) is 5.57. The molecule has 1 aliphatic heterocycles. The second-order valence-corrected chi connectivity index (χ2v) is 8.67. The summed E-state index contributed by atoms with van der Waals surface area (Å²) < 4.78 is 0. The molecule has 10 heteroatoms. The first-order valence-electron chi connectivity index (χ1n) is 10.4. The molecule has 1 N–H and O–H groups in total. The Bertz CT molecular complexity index is 1200. The Kier molecular flexibility index (Phi) is 6.36. The normalized spacial score (nSPS) is 13.6. The highest BCUT2D eigenvalue weighted by molar-refractivity contribution is 7.14. The van der Waals surface area contributed by atoms with Crippen LogP contribution in [-0.4, -0.2) is 52.8 Å². The van der Waals surface area contributed by atoms with Gasteiger partial charge in [-0.25, -0.2) is 4.98 Å². The quantitative estimate of drug-likeness (QED) is 0.451. The molecule has 0 saturated carbocycles. The molecule has 1 fully saturated rings. The zero-order valence-corrected chi connectivity index (χ0v) is 19.1. The maximum absolute atomic E-state index is 12.8. The van der Waals surface area contributed by atoms with Gasteiger partial charge in [-0.05, 0) is 19.1 Å². The van der Waals surface area contributed by atoms with Crippen LogP contribution in [0.5, 0.6) is 0 Å². The maximum Gasteiger partial charge on any atom is 0.293 e. The first kappa shape index (κ1) is 22.4. The van der Waals surface area contributed by atoms with Gasteiger partial charge in [0, 0.05) is 55.7 Å². The van der Waals surface area contributed by atoms with Gasteiger partial charge in [-0.15, -0.1) is 11.3 Å². The van der Waals surface area contributed by atoms with Gasteiger partial charge in [-0.3, -0.25) is 25.0 Å². The molecule has 0 unspecified atom stereocenters. The second kappa shape index (κ2) is 9.37. The zero-order chi connectivity index (χ0) is 23.5. The highest BCUT2D eigenvalue weighted by atomic mass is 32.1. The van der Waals surface area contributed by atoms with Crippen molar-refractivity contribution in [1.82, 2.24) is 9.88 Å². The van der Waals surface area contributed by atoms with Gasteiger partial charge in [0.1, 0.15) is 5.69 Å². The minimum atomic E-state index is -0.484. The van der Waals surface area contributed by atoms with Crippen molar-refractivity contribution in [1.29, 1.82) is 0 Å². The van der Waals surface area contributed by atoms with E-state index in [0.29, 0.717) is 37.0 Å². The van der Waals surface area contributed by atoms with Crippen LogP contribution in [0.25, 0.3) is 11.3 Å². The number of carbonyl (C=O) groups excluding carboxylic acids is 2. The first-order valence-corrected chi connectivity index (χ1v) is 11.3. The molecule has 0 radical (unpaired) electrons. The van der Waals surface area contributed by atoms with E-state index < -0.39 is 10.8 Å². The first-order chi connectivity index (χ1) is 15.8. The predicted molar refractivity (Wildman–Crippen MR) is 128 cm³/mol. The highest BCUT2D eigenvalue weighted by Crippen LogP contribution is 2.31. The number of piperazine rings is 1. The monoisotopic (exact) mass is 465 g/mol. The minimum Gasteiger partial charge on any atom is -0.362 e. The summed E-state index contributed by atoms with van der Waals surface area (Å²) in [5.41, 5.74) is 3.32. The molecule has 1 saturated heterocycles. The molecule has 0 atom stereocenters. The minimum absolute atomic E-state index is 0.0103. The van der Waals surface area contributed by atoms with E-state index in [1.165, 1.54) is 24.3 Å². The molecule has 2 amide bonds. The van der Waals surface area contributed by atoms with Crippen molar-refractivity contribution in [2.24, 2.45) is 0 Å². The number of rotatable bonds is 5. The largest absolute Gasteiger partial charge is 0.362 e. The van der Waals surface area contributed by atoms with Gasteiger partial charge in [0.15, 0.2) is 5.13 Å². The van der Waals surface area contributed by atoms with Crippen LogP contribution in [0, 0.1) is 17.0 Å². The lowest BCUT2D eigenvalue weighted by Crippen LogP contribution is -2.48. The molecule has 0 aliphatic carbocycles. The molecule has 1 aliphatic rings. The molecule has 0 spiro atoms. The third-order valence-corrected chi connectivity index (χ3v) is 6.33. The average molecular weight is 466 g/mol. The zero-order valence-electron chi connectivity index (χ0n) is 18.3. The van der Waals surface area contributed by atoms with Crippen molar-refractivity contribution in [3.8, 4) is 11.3 Å². The van der Waals surface area contributed by atoms with E-state index in [1.54, 1.807) is 17.0 Å². The Morgan fingerprint density at radius 3 is 2.42 bits per heavy atom. The molecule has 170 valence electrons. The van der Waals surface area contributed by atoms with Gasteiger partial charge in [0.2, 0.25) is 5.91 Å². The van der Waals surface area contributed by atoms with Crippen molar-refractivity contribution in [2.45, 2.75) is 13.8 Å². The van der Waals surface area contributed by atoms with Crippen molar-refractivity contribution in [3.05, 3.63) is 69.1 Å². The van der Waals surface area contributed by atoms with Gasteiger partial charge in [-0.1, -0.05) is 29.8 Å². The van der Waals surface area contributed by atoms with E-state index in [2.05, 4.69) is 10.3 Å². The summed E-state index contributed by atoms with van der Waals surface area (Å²) in [5.74, 6) is -0.472. The summed E-state index contributed by atoms with van der Waals surface area (Å²) in [4.78, 5) is 43.6.